The number of amides is 1. The van der Waals surface area contributed by atoms with Crippen LogP contribution in [0.5, 0.6) is 11.5 Å². The highest BCUT2D eigenvalue weighted by atomic mass is 16.5. The summed E-state index contributed by atoms with van der Waals surface area (Å²) < 4.78 is 10.6. The van der Waals surface area contributed by atoms with Gasteiger partial charge in [-0.2, -0.15) is 5.26 Å². The van der Waals surface area contributed by atoms with Crippen LogP contribution in [-0.2, 0) is 4.79 Å². The van der Waals surface area contributed by atoms with E-state index in [1.165, 1.54) is 13.2 Å². The van der Waals surface area contributed by atoms with Crippen LogP contribution in [0.15, 0.2) is 48.5 Å². The number of nitrogens with one attached hydrogen (secondary N) is 1. The number of benzene rings is 2. The van der Waals surface area contributed by atoms with Gasteiger partial charge < -0.3 is 19.7 Å². The summed E-state index contributed by atoms with van der Waals surface area (Å²) in [5.41, 5.74) is 2.28. The maximum absolute atomic E-state index is 12.7. The Balaban J connectivity index is 1.54. The molecule has 1 aliphatic heterocycles. The van der Waals surface area contributed by atoms with E-state index in [4.69, 9.17) is 19.7 Å². The van der Waals surface area contributed by atoms with Crippen LogP contribution in [-0.4, -0.2) is 42.7 Å². The van der Waals surface area contributed by atoms with E-state index < -0.39 is 0 Å². The van der Waals surface area contributed by atoms with Crippen LogP contribution in [0.3, 0.4) is 0 Å². The van der Waals surface area contributed by atoms with Crippen molar-refractivity contribution in [3.63, 3.8) is 0 Å². The fourth-order valence-corrected chi connectivity index (χ4v) is 3.57. The monoisotopic (exact) mass is 429 g/mol. The molecule has 8 nitrogen and oxygen atoms in total. The van der Waals surface area contributed by atoms with E-state index in [1.807, 2.05) is 30.3 Å². The molecule has 0 saturated carbocycles. The third kappa shape index (κ3) is 4.78. The number of hydrogen-bond donors (Lipinski definition) is 1. The second kappa shape index (κ2) is 9.79. The van der Waals surface area contributed by atoms with Gasteiger partial charge in [0.1, 0.15) is 6.07 Å². The summed E-state index contributed by atoms with van der Waals surface area (Å²) in [6.07, 6.45) is 5.31. The molecule has 8 heteroatoms. The van der Waals surface area contributed by atoms with Gasteiger partial charge in [0.15, 0.2) is 29.7 Å². The van der Waals surface area contributed by atoms with Gasteiger partial charge in [-0.1, -0.05) is 18.2 Å². The zero-order valence-corrected chi connectivity index (χ0v) is 17.7. The Morgan fingerprint density at radius 3 is 2.62 bits per heavy atom. The molecule has 2 heterocycles. The van der Waals surface area contributed by atoms with Gasteiger partial charge in [0.05, 0.1) is 18.1 Å². The van der Waals surface area contributed by atoms with E-state index in [9.17, 15) is 4.79 Å². The first-order valence-electron chi connectivity index (χ1n) is 10.4. The Bertz CT molecular complexity index is 1200. The minimum absolute atomic E-state index is 0.0693. The normalized spacial score (nSPS) is 13.3. The van der Waals surface area contributed by atoms with Gasteiger partial charge in [-0.3, -0.25) is 4.79 Å². The third-order valence-electron chi connectivity index (χ3n) is 5.11. The maximum Gasteiger partial charge on any atom is 0.249 e. The highest BCUT2D eigenvalue weighted by molar-refractivity contribution is 6.03. The number of nitriles is 1. The molecule has 0 radical (unpaired) electrons. The average molecular weight is 429 g/mol. The van der Waals surface area contributed by atoms with E-state index in [1.54, 1.807) is 24.3 Å². The fourth-order valence-electron chi connectivity index (χ4n) is 3.57. The van der Waals surface area contributed by atoms with Gasteiger partial charge in [-0.05, 0) is 48.7 Å². The predicted octanol–water partition coefficient (Wildman–Crippen LogP) is 3.79. The summed E-state index contributed by atoms with van der Waals surface area (Å²) in [6, 6.07) is 14.8. The van der Waals surface area contributed by atoms with Crippen molar-refractivity contribution < 1.29 is 14.3 Å². The Labute approximate surface area is 186 Å². The van der Waals surface area contributed by atoms with Gasteiger partial charge in [-0.25, -0.2) is 9.97 Å². The van der Waals surface area contributed by atoms with E-state index >= 15 is 0 Å². The first kappa shape index (κ1) is 21.1. The maximum atomic E-state index is 12.7. The van der Waals surface area contributed by atoms with Crippen molar-refractivity contribution in [1.29, 1.82) is 5.26 Å². The Kier molecular flexibility index (Phi) is 6.46. The minimum Gasteiger partial charge on any atom is -0.493 e. The molecule has 1 N–H and O–H groups in total. The molecule has 4 rings (SSSR count). The van der Waals surface area contributed by atoms with Crippen LogP contribution < -0.4 is 19.7 Å². The van der Waals surface area contributed by atoms with Crippen molar-refractivity contribution in [2.45, 2.75) is 12.8 Å². The number of rotatable bonds is 7. The minimum atomic E-state index is -0.307. The van der Waals surface area contributed by atoms with Crippen molar-refractivity contribution in [1.82, 2.24) is 9.97 Å². The molecule has 2 aromatic carbocycles. The number of fused-ring (bicyclic) bond motifs is 1. The molecule has 1 amide bonds. The third-order valence-corrected chi connectivity index (χ3v) is 5.11. The van der Waals surface area contributed by atoms with Gasteiger partial charge >= 0.3 is 0 Å². The van der Waals surface area contributed by atoms with Gasteiger partial charge in [-0.15, -0.1) is 0 Å². The zero-order chi connectivity index (χ0) is 22.3. The molecule has 1 aliphatic rings. The number of anilines is 2. The van der Waals surface area contributed by atoms with Crippen LogP contribution in [0, 0.1) is 11.3 Å². The molecule has 3 aromatic rings. The zero-order valence-electron chi connectivity index (χ0n) is 17.7. The molecule has 0 aliphatic carbocycles. The van der Waals surface area contributed by atoms with Gasteiger partial charge in [0.25, 0.3) is 0 Å². The van der Waals surface area contributed by atoms with E-state index in [0.717, 1.165) is 42.5 Å². The predicted molar refractivity (Wildman–Crippen MR) is 123 cm³/mol. The fraction of sp³-hybridized carbons (Fsp3) is 0.250. The molecule has 162 valence electrons. The van der Waals surface area contributed by atoms with Crippen molar-refractivity contribution in [2.75, 3.05) is 37.0 Å². The summed E-state index contributed by atoms with van der Waals surface area (Å²) in [4.78, 5) is 24.2. The molecule has 1 aromatic heterocycles. The standard InChI is InChI=1S/C24H23N5O3/c1-31-21-16-17(8-10-20(21)32-15-12-25)9-11-22(30)28-23-24(29-13-4-5-14-29)27-19-7-3-2-6-18(19)26-23/h2-3,6-11,16H,4-5,13-15H2,1H3,(H,26,28,30)/b11-9+. The lowest BCUT2D eigenvalue weighted by Gasteiger charge is -2.19. The number of aromatic nitrogens is 2. The number of para-hydroxylation sites is 2. The molecule has 1 saturated heterocycles. The van der Waals surface area contributed by atoms with Crippen LogP contribution in [0.4, 0.5) is 11.6 Å². The average Bonchev–Trinajstić information content (AvgIpc) is 3.36. The summed E-state index contributed by atoms with van der Waals surface area (Å²) in [5, 5.41) is 11.6. The molecule has 0 unspecified atom stereocenters. The number of ether oxygens (including phenoxy) is 2. The molecule has 1 fully saturated rings. The van der Waals surface area contributed by atoms with Gasteiger partial charge in [0.2, 0.25) is 5.91 Å². The summed E-state index contributed by atoms with van der Waals surface area (Å²) in [6.45, 7) is 1.72. The summed E-state index contributed by atoms with van der Waals surface area (Å²) >= 11 is 0. The number of hydrogen-bond acceptors (Lipinski definition) is 7. The smallest absolute Gasteiger partial charge is 0.249 e. The molecule has 0 atom stereocenters. The Hall–Kier alpha value is -4.12. The van der Waals surface area contributed by atoms with Crippen LogP contribution >= 0.6 is 0 Å². The number of methoxy groups -OCH3 is 1. The number of nitrogens with zero attached hydrogens (tertiary/aromatic N) is 4. The highest BCUT2D eigenvalue weighted by Crippen LogP contribution is 2.29. The summed E-state index contributed by atoms with van der Waals surface area (Å²) in [7, 11) is 1.52. The second-order valence-electron chi connectivity index (χ2n) is 7.26. The Morgan fingerprint density at radius 2 is 1.91 bits per heavy atom. The molecule has 32 heavy (non-hydrogen) atoms. The lowest BCUT2D eigenvalue weighted by molar-refractivity contribution is -0.111. The SMILES string of the molecule is COc1cc(/C=C/C(=O)Nc2nc3ccccc3nc2N2CCCC2)ccc1OCC#N. The second-order valence-corrected chi connectivity index (χ2v) is 7.26. The van der Waals surface area contributed by atoms with E-state index in [-0.39, 0.29) is 12.5 Å². The molecule has 0 spiro atoms. The van der Waals surface area contributed by atoms with Gasteiger partial charge in [0, 0.05) is 19.2 Å². The summed E-state index contributed by atoms with van der Waals surface area (Å²) in [5.74, 6) is 1.80. The quantitative estimate of drug-likeness (QED) is 0.570. The van der Waals surface area contributed by atoms with Crippen molar-refractivity contribution >= 4 is 34.7 Å². The number of carbonyl (C=O) groups is 1. The molecular formula is C24H23N5O3. The van der Waals surface area contributed by atoms with E-state index in [0.29, 0.717) is 23.1 Å². The van der Waals surface area contributed by atoms with Crippen LogP contribution in [0.1, 0.15) is 18.4 Å². The molecular weight excluding hydrogens is 406 g/mol. The van der Waals surface area contributed by atoms with Crippen molar-refractivity contribution in [3.8, 4) is 17.6 Å². The van der Waals surface area contributed by atoms with Crippen molar-refractivity contribution in [3.05, 3.63) is 54.1 Å². The Morgan fingerprint density at radius 1 is 1.16 bits per heavy atom. The first-order valence-corrected chi connectivity index (χ1v) is 10.4. The lowest BCUT2D eigenvalue weighted by Crippen LogP contribution is -2.22. The van der Waals surface area contributed by atoms with E-state index in [2.05, 4.69) is 15.2 Å². The molecule has 0 bridgehead atoms. The number of carbonyl (C=O) groups excluding carboxylic acids is 1. The lowest BCUT2D eigenvalue weighted by atomic mass is 10.2. The topological polar surface area (TPSA) is 100 Å². The van der Waals surface area contributed by atoms with Crippen molar-refractivity contribution in [2.24, 2.45) is 0 Å². The largest absolute Gasteiger partial charge is 0.493 e. The first-order chi connectivity index (χ1) is 15.7. The van der Waals surface area contributed by atoms with Crippen LogP contribution in [0.2, 0.25) is 0 Å². The highest BCUT2D eigenvalue weighted by Gasteiger charge is 2.20. The van der Waals surface area contributed by atoms with Crippen LogP contribution in [0.25, 0.3) is 17.1 Å².